The van der Waals surface area contributed by atoms with Gasteiger partial charge in [-0.15, -0.1) is 0 Å². The third-order valence-corrected chi connectivity index (χ3v) is 7.16. The van der Waals surface area contributed by atoms with Crippen molar-refractivity contribution >= 4 is 27.3 Å². The number of piperidine rings is 1. The van der Waals surface area contributed by atoms with Gasteiger partial charge >= 0.3 is 0 Å². The number of benzene rings is 1. The van der Waals surface area contributed by atoms with Gasteiger partial charge in [0.05, 0.1) is 35.7 Å². The number of furan rings is 1. The molecule has 1 aromatic heterocycles. The van der Waals surface area contributed by atoms with Crippen molar-refractivity contribution in [3.63, 3.8) is 0 Å². The maximum Gasteiger partial charge on any atom is 0.291 e. The van der Waals surface area contributed by atoms with Crippen molar-refractivity contribution in [1.29, 1.82) is 0 Å². The molecule has 0 bridgehead atoms. The van der Waals surface area contributed by atoms with E-state index in [0.717, 1.165) is 31.6 Å². The summed E-state index contributed by atoms with van der Waals surface area (Å²) in [5.41, 5.74) is 1.30. The van der Waals surface area contributed by atoms with Crippen molar-refractivity contribution in [2.75, 3.05) is 49.6 Å². The smallest absolute Gasteiger partial charge is 0.291 e. The SMILES string of the molecule is O=C(Nc1cc(S(=O)(=O)N2CCOCC2)ccc1N1CCCCC1)c1ccco1. The molecular weight excluding hydrogens is 394 g/mol. The lowest BCUT2D eigenvalue weighted by Gasteiger charge is -2.31. The molecule has 0 saturated carbocycles. The summed E-state index contributed by atoms with van der Waals surface area (Å²) in [5.74, 6) is -0.231. The summed E-state index contributed by atoms with van der Waals surface area (Å²) in [5, 5.41) is 2.84. The number of nitrogens with zero attached hydrogens (tertiary/aromatic N) is 2. The van der Waals surface area contributed by atoms with E-state index in [4.69, 9.17) is 9.15 Å². The Morgan fingerprint density at radius 2 is 1.76 bits per heavy atom. The van der Waals surface area contributed by atoms with Crippen molar-refractivity contribution in [1.82, 2.24) is 4.31 Å². The molecule has 29 heavy (non-hydrogen) atoms. The summed E-state index contributed by atoms with van der Waals surface area (Å²) in [6.45, 7) is 3.16. The fourth-order valence-corrected chi connectivity index (χ4v) is 5.15. The van der Waals surface area contributed by atoms with E-state index >= 15 is 0 Å². The average molecular weight is 420 g/mol. The molecule has 1 amide bonds. The monoisotopic (exact) mass is 419 g/mol. The Bertz CT molecular complexity index is 947. The molecule has 2 aliphatic heterocycles. The van der Waals surface area contributed by atoms with Gasteiger partial charge in [-0.1, -0.05) is 0 Å². The van der Waals surface area contributed by atoms with Crippen LogP contribution in [0.4, 0.5) is 11.4 Å². The summed E-state index contributed by atoms with van der Waals surface area (Å²) in [6.07, 6.45) is 4.74. The Labute approximate surface area is 170 Å². The zero-order chi connectivity index (χ0) is 20.3. The van der Waals surface area contributed by atoms with Crippen molar-refractivity contribution < 1.29 is 22.4 Å². The highest BCUT2D eigenvalue weighted by Crippen LogP contribution is 2.32. The number of nitrogens with one attached hydrogen (secondary N) is 1. The number of morpholine rings is 1. The minimum absolute atomic E-state index is 0.162. The molecule has 2 saturated heterocycles. The van der Waals surface area contributed by atoms with Crippen molar-refractivity contribution in [3.05, 3.63) is 42.4 Å². The molecule has 1 N–H and O–H groups in total. The van der Waals surface area contributed by atoms with Gasteiger partial charge in [-0.2, -0.15) is 4.31 Å². The van der Waals surface area contributed by atoms with E-state index in [0.29, 0.717) is 32.0 Å². The molecule has 3 heterocycles. The van der Waals surface area contributed by atoms with Gasteiger partial charge in [0.15, 0.2) is 5.76 Å². The minimum Gasteiger partial charge on any atom is -0.459 e. The zero-order valence-electron chi connectivity index (χ0n) is 16.2. The number of amides is 1. The van der Waals surface area contributed by atoms with Crippen LogP contribution in [0.1, 0.15) is 29.8 Å². The molecule has 2 aromatic rings. The standard InChI is InChI=1S/C20H25N3O5S/c24-20(19-5-4-12-28-19)21-17-15-16(29(25,26)23-10-13-27-14-11-23)6-7-18(17)22-8-2-1-3-9-22/h4-7,12,15H,1-3,8-11,13-14H2,(H,21,24). The molecule has 1 aromatic carbocycles. The highest BCUT2D eigenvalue weighted by Gasteiger charge is 2.28. The van der Waals surface area contributed by atoms with Crippen molar-refractivity contribution in [2.24, 2.45) is 0 Å². The van der Waals surface area contributed by atoms with Crippen LogP contribution in [0.25, 0.3) is 0 Å². The Morgan fingerprint density at radius 3 is 2.45 bits per heavy atom. The normalized spacial score (nSPS) is 18.6. The van der Waals surface area contributed by atoms with Crippen LogP contribution < -0.4 is 10.2 Å². The van der Waals surface area contributed by atoms with E-state index < -0.39 is 15.9 Å². The van der Waals surface area contributed by atoms with Crippen LogP contribution in [-0.2, 0) is 14.8 Å². The lowest BCUT2D eigenvalue weighted by molar-refractivity contribution is 0.0730. The molecule has 2 fully saturated rings. The average Bonchev–Trinajstić information content (AvgIpc) is 3.30. The van der Waals surface area contributed by atoms with Gasteiger partial charge in [-0.3, -0.25) is 4.79 Å². The van der Waals surface area contributed by atoms with Gasteiger partial charge in [0.2, 0.25) is 10.0 Å². The Hall–Kier alpha value is -2.36. The highest BCUT2D eigenvalue weighted by atomic mass is 32.2. The van der Waals surface area contributed by atoms with Gasteiger partial charge in [-0.05, 0) is 49.6 Å². The molecule has 156 valence electrons. The third kappa shape index (κ3) is 4.31. The molecule has 0 aliphatic carbocycles. The molecule has 8 nitrogen and oxygen atoms in total. The predicted molar refractivity (Wildman–Crippen MR) is 109 cm³/mol. The second-order valence-electron chi connectivity index (χ2n) is 7.17. The number of ether oxygens (including phenoxy) is 1. The molecular formula is C20H25N3O5S. The Kier molecular flexibility index (Phi) is 5.89. The maximum absolute atomic E-state index is 13.1. The van der Waals surface area contributed by atoms with Gasteiger partial charge in [-0.25, -0.2) is 8.42 Å². The van der Waals surface area contributed by atoms with Crippen LogP contribution in [0.3, 0.4) is 0 Å². The molecule has 2 aliphatic rings. The summed E-state index contributed by atoms with van der Waals surface area (Å²) in [4.78, 5) is 14.9. The van der Waals surface area contributed by atoms with E-state index in [-0.39, 0.29) is 10.7 Å². The molecule has 9 heteroatoms. The highest BCUT2D eigenvalue weighted by molar-refractivity contribution is 7.89. The number of anilines is 2. The molecule has 0 radical (unpaired) electrons. The van der Waals surface area contributed by atoms with E-state index in [1.54, 1.807) is 30.3 Å². The molecule has 0 spiro atoms. The van der Waals surface area contributed by atoms with Gasteiger partial charge in [0, 0.05) is 26.2 Å². The lowest BCUT2D eigenvalue weighted by Crippen LogP contribution is -2.40. The Balaban J connectivity index is 1.68. The molecule has 0 atom stereocenters. The van der Waals surface area contributed by atoms with E-state index in [2.05, 4.69) is 10.2 Å². The van der Waals surface area contributed by atoms with Crippen LogP contribution in [-0.4, -0.2) is 58.0 Å². The van der Waals surface area contributed by atoms with E-state index in [9.17, 15) is 13.2 Å². The fourth-order valence-electron chi connectivity index (χ4n) is 3.71. The quantitative estimate of drug-likeness (QED) is 0.801. The first-order chi connectivity index (χ1) is 14.1. The number of carbonyl (C=O) groups is 1. The zero-order valence-corrected chi connectivity index (χ0v) is 17.0. The number of rotatable bonds is 5. The summed E-state index contributed by atoms with van der Waals surface area (Å²) in [7, 11) is -3.66. The van der Waals surface area contributed by atoms with E-state index in [1.165, 1.54) is 17.0 Å². The van der Waals surface area contributed by atoms with Crippen molar-refractivity contribution in [3.8, 4) is 0 Å². The van der Waals surface area contributed by atoms with Crippen LogP contribution in [0.15, 0.2) is 45.9 Å². The lowest BCUT2D eigenvalue weighted by atomic mass is 10.1. The number of hydrogen-bond donors (Lipinski definition) is 1. The topological polar surface area (TPSA) is 92.1 Å². The van der Waals surface area contributed by atoms with Crippen LogP contribution >= 0.6 is 0 Å². The van der Waals surface area contributed by atoms with E-state index in [1.807, 2.05) is 0 Å². The second kappa shape index (κ2) is 8.56. The van der Waals surface area contributed by atoms with Gasteiger partial charge < -0.3 is 19.4 Å². The van der Waals surface area contributed by atoms with Crippen LogP contribution in [0.2, 0.25) is 0 Å². The number of hydrogen-bond acceptors (Lipinski definition) is 6. The second-order valence-corrected chi connectivity index (χ2v) is 9.11. The van der Waals surface area contributed by atoms with Gasteiger partial charge in [0.25, 0.3) is 5.91 Å². The van der Waals surface area contributed by atoms with Crippen molar-refractivity contribution in [2.45, 2.75) is 24.2 Å². The van der Waals surface area contributed by atoms with Crippen LogP contribution in [0.5, 0.6) is 0 Å². The minimum atomic E-state index is -3.66. The summed E-state index contributed by atoms with van der Waals surface area (Å²) < 4.78 is 38.0. The first-order valence-corrected chi connectivity index (χ1v) is 11.3. The van der Waals surface area contributed by atoms with Gasteiger partial charge in [0.1, 0.15) is 0 Å². The third-order valence-electron chi connectivity index (χ3n) is 5.27. The largest absolute Gasteiger partial charge is 0.459 e. The maximum atomic E-state index is 13.1. The summed E-state index contributed by atoms with van der Waals surface area (Å²) >= 11 is 0. The van der Waals surface area contributed by atoms with Crippen LogP contribution in [0, 0.1) is 0 Å². The first kappa shape index (κ1) is 19.9. The number of carbonyl (C=O) groups excluding carboxylic acids is 1. The first-order valence-electron chi connectivity index (χ1n) is 9.87. The molecule has 0 unspecified atom stereocenters. The number of sulfonamides is 1. The fraction of sp³-hybridized carbons (Fsp3) is 0.450. The predicted octanol–water partition coefficient (Wildman–Crippen LogP) is 2.54. The Morgan fingerprint density at radius 1 is 1.00 bits per heavy atom. The molecule has 4 rings (SSSR count). The summed E-state index contributed by atoms with van der Waals surface area (Å²) in [6, 6.07) is 8.17.